The van der Waals surface area contributed by atoms with Crippen molar-refractivity contribution in [3.8, 4) is 28.3 Å². The molecule has 0 radical (unpaired) electrons. The minimum absolute atomic E-state index is 0.0730. The monoisotopic (exact) mass is 571 g/mol. The van der Waals surface area contributed by atoms with E-state index in [0.29, 0.717) is 40.5 Å². The van der Waals surface area contributed by atoms with Crippen molar-refractivity contribution in [2.24, 2.45) is 0 Å². The average molecular weight is 572 g/mol. The number of hydrogen-bond donors (Lipinski definition) is 3. The molecule has 1 atom stereocenters. The lowest BCUT2D eigenvalue weighted by atomic mass is 9.99. The zero-order valence-electron chi connectivity index (χ0n) is 22.6. The standard InChI is InChI=1S/C31H29N3O6S/c1-18-8-9-21(13-19(18)2)20-5-3-6-23(14-20)30-32-26-11-10-22-15-25(16-27(35)28(22)29(26)33-30)41(38,39)34-12-4-7-24(17-34)40-31(36)37/h3,5-6,8-11,13-16,24,35H,4,7,12,17H2,1-2H3,(H,32,33)(H,36,37). The quantitative estimate of drug-likeness (QED) is 0.213. The SMILES string of the molecule is Cc1ccc(-c2cccc(-c3nc4c(ccc5cc(S(=O)(=O)N6CCCC(OC(=O)O)C6)cc(O)c54)[nH]3)c2)cc1C. The predicted octanol–water partition coefficient (Wildman–Crippen LogP) is 6.22. The summed E-state index contributed by atoms with van der Waals surface area (Å²) in [6, 6.07) is 20.7. The molecule has 4 aromatic carbocycles. The molecule has 1 unspecified atom stereocenters. The topological polar surface area (TPSA) is 133 Å². The van der Waals surface area contributed by atoms with E-state index in [1.165, 1.54) is 27.6 Å². The number of aromatic hydroxyl groups is 1. The molecular formula is C31H29N3O6S. The molecule has 1 aromatic heterocycles. The Bertz CT molecular complexity index is 1930. The second kappa shape index (κ2) is 10.2. The zero-order valence-corrected chi connectivity index (χ0v) is 23.4. The van der Waals surface area contributed by atoms with E-state index >= 15 is 0 Å². The third-order valence-corrected chi connectivity index (χ3v) is 9.59. The highest BCUT2D eigenvalue weighted by molar-refractivity contribution is 7.89. The van der Waals surface area contributed by atoms with Crippen LogP contribution in [-0.4, -0.2) is 58.3 Å². The molecule has 2 heterocycles. The molecule has 0 aliphatic carbocycles. The molecule has 9 nitrogen and oxygen atoms in total. The van der Waals surface area contributed by atoms with Crippen LogP contribution in [0, 0.1) is 13.8 Å². The van der Waals surface area contributed by atoms with Gasteiger partial charge in [0.15, 0.2) is 0 Å². The number of hydrogen-bond acceptors (Lipinski definition) is 6. The highest BCUT2D eigenvalue weighted by Gasteiger charge is 2.32. The molecular weight excluding hydrogens is 542 g/mol. The minimum Gasteiger partial charge on any atom is -0.507 e. The third-order valence-electron chi connectivity index (χ3n) is 7.74. The van der Waals surface area contributed by atoms with E-state index in [1.807, 2.05) is 18.2 Å². The maximum Gasteiger partial charge on any atom is 0.506 e. The summed E-state index contributed by atoms with van der Waals surface area (Å²) in [5.41, 5.74) is 6.74. The molecule has 5 aromatic rings. The Morgan fingerprint density at radius 1 is 1.00 bits per heavy atom. The molecule has 6 rings (SSSR count). The number of phenols is 1. The average Bonchev–Trinajstić information content (AvgIpc) is 3.39. The number of aromatic amines is 1. The van der Waals surface area contributed by atoms with Crippen LogP contribution < -0.4 is 0 Å². The Morgan fingerprint density at radius 2 is 1.78 bits per heavy atom. The lowest BCUT2D eigenvalue weighted by Crippen LogP contribution is -2.43. The van der Waals surface area contributed by atoms with Crippen LogP contribution in [0.2, 0.25) is 0 Å². The number of nitrogens with one attached hydrogen (secondary N) is 1. The molecule has 1 aliphatic heterocycles. The molecule has 1 fully saturated rings. The number of piperidine rings is 1. The molecule has 41 heavy (non-hydrogen) atoms. The molecule has 0 saturated carbocycles. The Kier molecular flexibility index (Phi) is 6.67. The van der Waals surface area contributed by atoms with E-state index in [2.05, 4.69) is 49.2 Å². The number of fused-ring (bicyclic) bond motifs is 3. The fourth-order valence-electron chi connectivity index (χ4n) is 5.45. The zero-order chi connectivity index (χ0) is 28.9. The number of sulfonamides is 1. The van der Waals surface area contributed by atoms with Gasteiger partial charge in [-0.3, -0.25) is 0 Å². The fourth-order valence-corrected chi connectivity index (χ4v) is 7.01. The highest BCUT2D eigenvalue weighted by Crippen LogP contribution is 2.37. The Labute approximate surface area is 237 Å². The van der Waals surface area contributed by atoms with E-state index in [1.54, 1.807) is 6.07 Å². The van der Waals surface area contributed by atoms with Gasteiger partial charge in [-0.25, -0.2) is 18.2 Å². The Balaban J connectivity index is 1.37. The third kappa shape index (κ3) is 5.00. The number of aryl methyl sites for hydroxylation is 2. The van der Waals surface area contributed by atoms with Crippen LogP contribution in [0.5, 0.6) is 5.75 Å². The van der Waals surface area contributed by atoms with Gasteiger partial charge in [0, 0.05) is 18.2 Å². The smallest absolute Gasteiger partial charge is 0.506 e. The van der Waals surface area contributed by atoms with E-state index in [4.69, 9.17) is 14.8 Å². The normalized spacial score (nSPS) is 16.3. The summed E-state index contributed by atoms with van der Waals surface area (Å²) >= 11 is 0. The van der Waals surface area contributed by atoms with Gasteiger partial charge in [-0.05, 0) is 72.5 Å². The van der Waals surface area contributed by atoms with E-state index in [-0.39, 0.29) is 23.7 Å². The molecule has 210 valence electrons. The summed E-state index contributed by atoms with van der Waals surface area (Å²) < 4.78 is 32.9. The number of benzene rings is 4. The van der Waals surface area contributed by atoms with Crippen LogP contribution >= 0.6 is 0 Å². The van der Waals surface area contributed by atoms with Gasteiger partial charge in [-0.1, -0.05) is 42.5 Å². The van der Waals surface area contributed by atoms with E-state index in [9.17, 15) is 18.3 Å². The summed E-state index contributed by atoms with van der Waals surface area (Å²) in [6.07, 6.45) is -1.25. The van der Waals surface area contributed by atoms with Crippen LogP contribution in [0.15, 0.2) is 71.6 Å². The molecule has 0 spiro atoms. The minimum atomic E-state index is -4.00. The molecule has 10 heteroatoms. The first-order valence-electron chi connectivity index (χ1n) is 13.3. The summed E-state index contributed by atoms with van der Waals surface area (Å²) in [5, 5.41) is 21.0. The predicted molar refractivity (Wildman–Crippen MR) is 157 cm³/mol. The van der Waals surface area contributed by atoms with Gasteiger partial charge >= 0.3 is 6.16 Å². The summed E-state index contributed by atoms with van der Waals surface area (Å²) in [7, 11) is -4.00. The number of phenolic OH excluding ortho intramolecular Hbond substituents is 1. The molecule has 1 saturated heterocycles. The summed E-state index contributed by atoms with van der Waals surface area (Å²) in [6.45, 7) is 4.34. The molecule has 3 N–H and O–H groups in total. The van der Waals surface area contributed by atoms with E-state index < -0.39 is 22.3 Å². The first-order valence-corrected chi connectivity index (χ1v) is 14.8. The number of carboxylic acid groups (broad SMARTS) is 1. The second-order valence-corrected chi connectivity index (χ2v) is 12.4. The van der Waals surface area contributed by atoms with Gasteiger partial charge < -0.3 is 19.9 Å². The lowest BCUT2D eigenvalue weighted by molar-refractivity contribution is 0.0287. The fraction of sp³-hybridized carbons (Fsp3) is 0.226. The molecule has 0 bridgehead atoms. The van der Waals surface area contributed by atoms with Crippen LogP contribution in [0.1, 0.15) is 24.0 Å². The number of H-pyrrole nitrogens is 1. The van der Waals surface area contributed by atoms with Gasteiger partial charge in [-0.2, -0.15) is 4.31 Å². The largest absolute Gasteiger partial charge is 0.507 e. The molecule has 1 aliphatic rings. The second-order valence-electron chi connectivity index (χ2n) is 10.5. The van der Waals surface area contributed by atoms with E-state index in [0.717, 1.165) is 16.7 Å². The number of carbonyl (C=O) groups is 1. The van der Waals surface area contributed by atoms with Crippen molar-refractivity contribution in [3.63, 3.8) is 0 Å². The van der Waals surface area contributed by atoms with Crippen LogP contribution in [-0.2, 0) is 14.8 Å². The van der Waals surface area contributed by atoms with Crippen molar-refractivity contribution in [2.75, 3.05) is 13.1 Å². The Morgan fingerprint density at radius 3 is 2.56 bits per heavy atom. The lowest BCUT2D eigenvalue weighted by Gasteiger charge is -2.31. The van der Waals surface area contributed by atoms with Gasteiger partial charge in [0.25, 0.3) is 0 Å². The van der Waals surface area contributed by atoms with Crippen LogP contribution in [0.25, 0.3) is 44.3 Å². The van der Waals surface area contributed by atoms with Gasteiger partial charge in [0.1, 0.15) is 23.2 Å². The number of rotatable bonds is 5. The maximum atomic E-state index is 13.4. The van der Waals surface area contributed by atoms with Crippen molar-refractivity contribution in [1.82, 2.24) is 14.3 Å². The first kappa shape index (κ1) is 26.8. The number of ether oxygens (including phenoxy) is 1. The van der Waals surface area contributed by atoms with Crippen LogP contribution in [0.4, 0.5) is 4.79 Å². The van der Waals surface area contributed by atoms with Crippen molar-refractivity contribution >= 4 is 38.0 Å². The van der Waals surface area contributed by atoms with Crippen LogP contribution in [0.3, 0.4) is 0 Å². The van der Waals surface area contributed by atoms with Crippen molar-refractivity contribution < 1.29 is 28.2 Å². The number of nitrogens with zero attached hydrogens (tertiary/aromatic N) is 2. The molecule has 0 amide bonds. The van der Waals surface area contributed by atoms with Crippen molar-refractivity contribution in [1.29, 1.82) is 0 Å². The first-order chi connectivity index (χ1) is 19.6. The number of aromatic nitrogens is 2. The van der Waals surface area contributed by atoms with Crippen molar-refractivity contribution in [3.05, 3.63) is 77.9 Å². The van der Waals surface area contributed by atoms with Gasteiger partial charge in [0.2, 0.25) is 10.0 Å². The maximum absolute atomic E-state index is 13.4. The van der Waals surface area contributed by atoms with Gasteiger partial charge in [-0.15, -0.1) is 0 Å². The summed E-state index contributed by atoms with van der Waals surface area (Å²) in [5.74, 6) is 0.427. The highest BCUT2D eigenvalue weighted by atomic mass is 32.2. The summed E-state index contributed by atoms with van der Waals surface area (Å²) in [4.78, 5) is 19.0. The van der Waals surface area contributed by atoms with Gasteiger partial charge in [0.05, 0.1) is 22.3 Å². The Hall–Kier alpha value is -4.41. The van der Waals surface area contributed by atoms with Crippen molar-refractivity contribution in [2.45, 2.75) is 37.7 Å². The number of imidazole rings is 1.